The van der Waals surface area contributed by atoms with Crippen molar-refractivity contribution < 1.29 is 29.1 Å². The molecular formula is C12H19N2O2Ru. The topological polar surface area (TPSA) is 59.9 Å². The molecule has 1 aromatic heterocycles. The number of aryl methyl sites for hydroxylation is 1. The number of hydrogen-bond donors (Lipinski definition) is 0. The Bertz CT molecular complexity index is 216. The minimum absolute atomic E-state index is 0. The van der Waals surface area contributed by atoms with Gasteiger partial charge in [-0.25, -0.2) is 9.97 Å². The van der Waals surface area contributed by atoms with Gasteiger partial charge in [-0.15, -0.1) is 0 Å². The number of aromatic nitrogens is 2. The molecule has 0 fully saturated rings. The molecule has 0 spiro atoms. The molecule has 97 valence electrons. The van der Waals surface area contributed by atoms with E-state index in [2.05, 4.69) is 51.2 Å². The van der Waals surface area contributed by atoms with Gasteiger partial charge in [-0.05, 0) is 12.5 Å². The second-order valence-electron chi connectivity index (χ2n) is 3.05. The minimum atomic E-state index is 0. The Kier molecular flexibility index (Phi) is 35.8. The summed E-state index contributed by atoms with van der Waals surface area (Å²) in [6, 6.07) is 1.92. The van der Waals surface area contributed by atoms with Crippen LogP contribution in [0.1, 0.15) is 33.4 Å². The molecule has 0 saturated heterocycles. The zero-order chi connectivity index (χ0) is 13.4. The molecule has 17 heavy (non-hydrogen) atoms. The van der Waals surface area contributed by atoms with E-state index in [4.69, 9.17) is 9.59 Å². The first-order valence-corrected chi connectivity index (χ1v) is 4.65. The van der Waals surface area contributed by atoms with Crippen molar-refractivity contribution in [1.29, 1.82) is 0 Å². The van der Waals surface area contributed by atoms with E-state index in [1.165, 1.54) is 5.92 Å². The van der Waals surface area contributed by atoms with E-state index in [1.807, 2.05) is 6.07 Å². The van der Waals surface area contributed by atoms with Gasteiger partial charge in [-0.2, -0.15) is 20.8 Å². The molecule has 0 aliphatic heterocycles. The number of carbonyl (C=O) groups excluding carboxylic acids is 2. The zero-order valence-electron chi connectivity index (χ0n) is 10.7. The first-order chi connectivity index (χ1) is 7.66. The summed E-state index contributed by atoms with van der Waals surface area (Å²) in [7, 11) is 0. The monoisotopic (exact) mass is 325 g/mol. The Morgan fingerprint density at radius 1 is 1.18 bits per heavy atom. The van der Waals surface area contributed by atoms with E-state index in [1.54, 1.807) is 12.5 Å². The molecular weight excluding hydrogens is 305 g/mol. The van der Waals surface area contributed by atoms with Crippen LogP contribution in [0.3, 0.4) is 0 Å². The minimum Gasteiger partial charge on any atom is -0.545 e. The summed E-state index contributed by atoms with van der Waals surface area (Å²) in [6.45, 7) is 14.8. The van der Waals surface area contributed by atoms with Gasteiger partial charge in [0.05, 0.1) is 0 Å². The van der Waals surface area contributed by atoms with Gasteiger partial charge in [0, 0.05) is 11.9 Å². The predicted octanol–water partition coefficient (Wildman–Crippen LogP) is 2.11. The van der Waals surface area contributed by atoms with Crippen molar-refractivity contribution in [2.45, 2.75) is 34.1 Å². The summed E-state index contributed by atoms with van der Waals surface area (Å²) >= 11 is 0. The molecule has 1 heterocycles. The summed E-state index contributed by atoms with van der Waals surface area (Å²) in [5, 5.41) is 0. The molecule has 0 aliphatic rings. The third-order valence-electron chi connectivity index (χ3n) is 1.01. The third-order valence-corrected chi connectivity index (χ3v) is 1.01. The van der Waals surface area contributed by atoms with Crippen molar-refractivity contribution in [1.82, 2.24) is 9.97 Å². The van der Waals surface area contributed by atoms with Gasteiger partial charge < -0.3 is 15.5 Å². The normalized spacial score (nSPS) is 6.88. The first-order valence-electron chi connectivity index (χ1n) is 4.65. The van der Waals surface area contributed by atoms with Crippen molar-refractivity contribution in [3.8, 4) is 0 Å². The number of hydrogen-bond acceptors (Lipinski definition) is 4. The summed E-state index contributed by atoms with van der Waals surface area (Å²) in [6.07, 6.45) is 4.31. The molecule has 0 saturated carbocycles. The van der Waals surface area contributed by atoms with Crippen molar-refractivity contribution in [2.75, 3.05) is 0 Å². The van der Waals surface area contributed by atoms with Gasteiger partial charge in [0.2, 0.25) is 0 Å². The maximum absolute atomic E-state index is 7.75. The molecule has 0 amide bonds. The van der Waals surface area contributed by atoms with Crippen LogP contribution in [0, 0.1) is 5.92 Å². The Labute approximate surface area is 117 Å². The molecule has 1 radical (unpaired) electrons. The van der Waals surface area contributed by atoms with Crippen LogP contribution in [0.2, 0.25) is 0 Å². The Balaban J connectivity index is -0.0000000814. The van der Waals surface area contributed by atoms with Crippen molar-refractivity contribution >= 4 is 13.6 Å². The van der Waals surface area contributed by atoms with Crippen LogP contribution in [0.5, 0.6) is 0 Å². The van der Waals surface area contributed by atoms with Gasteiger partial charge in [-0.3, -0.25) is 13.6 Å². The third kappa shape index (κ3) is 31.3. The Morgan fingerprint density at radius 3 is 1.76 bits per heavy atom. The molecule has 1 aromatic rings. The fourth-order valence-electron chi connectivity index (χ4n) is 0.527. The largest absolute Gasteiger partial charge is 3.00 e. The van der Waals surface area contributed by atoms with Gasteiger partial charge in [-0.1, -0.05) is 6.92 Å². The molecule has 1 rings (SSSR count). The van der Waals surface area contributed by atoms with Crippen LogP contribution < -0.4 is 0 Å². The summed E-state index contributed by atoms with van der Waals surface area (Å²) < 4.78 is 0. The van der Waals surface area contributed by atoms with Gasteiger partial charge >= 0.3 is 19.5 Å². The van der Waals surface area contributed by atoms with E-state index in [0.29, 0.717) is 0 Å². The maximum Gasteiger partial charge on any atom is 3.00 e. The molecule has 4 nitrogen and oxygen atoms in total. The van der Waals surface area contributed by atoms with Gasteiger partial charge in [0.1, 0.15) is 6.33 Å². The molecule has 0 aromatic carbocycles. The second-order valence-corrected chi connectivity index (χ2v) is 3.05. The molecule has 0 N–H and O–H groups in total. The zero-order valence-corrected chi connectivity index (χ0v) is 12.4. The average molecular weight is 324 g/mol. The van der Waals surface area contributed by atoms with Crippen LogP contribution in [0.15, 0.2) is 18.6 Å². The van der Waals surface area contributed by atoms with E-state index >= 15 is 0 Å². The number of rotatable bonds is 1. The number of nitrogens with zero attached hydrogens (tertiary/aromatic N) is 2. The maximum atomic E-state index is 7.75. The van der Waals surface area contributed by atoms with Crippen LogP contribution in [0.4, 0.5) is 0 Å². The average Bonchev–Trinajstić information content (AvgIpc) is 2.34. The fraction of sp³-hybridized carbons (Fsp3) is 0.417. The first kappa shape index (κ1) is 25.0. The van der Waals surface area contributed by atoms with Crippen molar-refractivity contribution in [3.63, 3.8) is 0 Å². The van der Waals surface area contributed by atoms with Crippen LogP contribution in [-0.4, -0.2) is 23.5 Å². The SMILES string of the molecule is CCc1ccncn1.C[C-](C)C.[CH-]=O.[CH-]=O.[Ru+3]. The van der Waals surface area contributed by atoms with E-state index in [9.17, 15) is 0 Å². The van der Waals surface area contributed by atoms with Crippen LogP contribution in [0.25, 0.3) is 0 Å². The van der Waals surface area contributed by atoms with E-state index in [0.717, 1.165) is 12.1 Å². The molecule has 0 unspecified atom stereocenters. The smallest absolute Gasteiger partial charge is 0.545 e. The van der Waals surface area contributed by atoms with E-state index in [-0.39, 0.29) is 19.5 Å². The molecule has 5 heteroatoms. The fourth-order valence-corrected chi connectivity index (χ4v) is 0.527. The summed E-state index contributed by atoms with van der Waals surface area (Å²) in [5.74, 6) is 1.42. The standard InChI is InChI=1S/C6H8N2.C4H9.2CHO.Ru/c1-2-6-3-4-7-5-8-6;1-4(2)3;2*1-2;/h3-5H,2H2,1H3;1-3H3;2*1H;/q;3*-1;+3. The quantitative estimate of drug-likeness (QED) is 0.451. The summed E-state index contributed by atoms with van der Waals surface area (Å²) in [5.41, 5.74) is 1.10. The molecule has 0 bridgehead atoms. The van der Waals surface area contributed by atoms with Crippen molar-refractivity contribution in [2.24, 2.45) is 0 Å². The van der Waals surface area contributed by atoms with Crippen molar-refractivity contribution in [3.05, 3.63) is 30.2 Å². The van der Waals surface area contributed by atoms with Gasteiger partial charge in [0.25, 0.3) is 0 Å². The predicted molar refractivity (Wildman–Crippen MR) is 65.2 cm³/mol. The Hall–Kier alpha value is -0.957. The van der Waals surface area contributed by atoms with Crippen LogP contribution >= 0.6 is 0 Å². The van der Waals surface area contributed by atoms with Crippen LogP contribution in [-0.2, 0) is 35.5 Å². The second kappa shape index (κ2) is 24.3. The van der Waals surface area contributed by atoms with Gasteiger partial charge in [0.15, 0.2) is 0 Å². The summed E-state index contributed by atoms with van der Waals surface area (Å²) in [4.78, 5) is 23.3. The molecule has 0 aliphatic carbocycles. The molecule has 0 atom stereocenters. The Morgan fingerprint density at radius 2 is 1.59 bits per heavy atom. The van der Waals surface area contributed by atoms with E-state index < -0.39 is 0 Å².